The van der Waals surface area contributed by atoms with Gasteiger partial charge < -0.3 is 4.90 Å². The van der Waals surface area contributed by atoms with Crippen molar-refractivity contribution < 1.29 is 4.79 Å². The van der Waals surface area contributed by atoms with E-state index in [1.807, 2.05) is 26.2 Å². The molecule has 1 atom stereocenters. The third-order valence-electron chi connectivity index (χ3n) is 6.39. The lowest BCUT2D eigenvalue weighted by atomic mass is 9.84. The molecule has 3 heterocycles. The number of likely N-dealkylation sites (tertiary alicyclic amines) is 1. The third kappa shape index (κ3) is 2.66. The van der Waals surface area contributed by atoms with E-state index in [0.717, 1.165) is 49.9 Å². The second-order valence-corrected chi connectivity index (χ2v) is 8.26. The zero-order chi connectivity index (χ0) is 17.7. The number of carbonyl (C=O) groups excluding carboxylic acids is 1. The van der Waals surface area contributed by atoms with Crippen LogP contribution in [0, 0.1) is 11.8 Å². The Morgan fingerprint density at radius 1 is 1.15 bits per heavy atom. The first-order chi connectivity index (χ1) is 12.7. The molecule has 2 aliphatic carbocycles. The summed E-state index contributed by atoms with van der Waals surface area (Å²) in [4.78, 5) is 32.4. The molecule has 3 fully saturated rings. The van der Waals surface area contributed by atoms with Crippen LogP contribution in [0.3, 0.4) is 0 Å². The van der Waals surface area contributed by atoms with E-state index >= 15 is 0 Å². The molecule has 2 aromatic heterocycles. The van der Waals surface area contributed by atoms with E-state index in [9.17, 15) is 9.59 Å². The molecule has 1 saturated heterocycles. The predicted octanol–water partition coefficient (Wildman–Crippen LogP) is 2.57. The molecular weight excluding hydrogens is 328 g/mol. The number of fused-ring (bicyclic) bond motifs is 1. The standard InChI is InChI=1S/C20H26N4O2/c25-19(15-4-1-5-15)22-11-3-6-16(13-22)24-18-17(7-2-10-21-18)23(20(24)26)12-14-8-9-14/h2,7,10,14-16H,1,3-6,8-9,11-13H2/t16-/m0/s1. The minimum Gasteiger partial charge on any atom is -0.340 e. The van der Waals surface area contributed by atoms with E-state index in [1.54, 1.807) is 6.20 Å². The van der Waals surface area contributed by atoms with Gasteiger partial charge in [0.2, 0.25) is 5.91 Å². The Morgan fingerprint density at radius 2 is 2.00 bits per heavy atom. The molecule has 6 nitrogen and oxygen atoms in total. The molecule has 0 bridgehead atoms. The maximum atomic E-state index is 13.2. The van der Waals surface area contributed by atoms with Crippen LogP contribution in [0.4, 0.5) is 0 Å². The Balaban J connectivity index is 1.48. The Labute approximate surface area is 152 Å². The molecule has 0 radical (unpaired) electrons. The summed E-state index contributed by atoms with van der Waals surface area (Å²) in [5.41, 5.74) is 1.77. The second-order valence-electron chi connectivity index (χ2n) is 8.26. The number of piperidine rings is 1. The van der Waals surface area contributed by atoms with Crippen LogP contribution in [0.1, 0.15) is 51.0 Å². The Bertz CT molecular complexity index is 891. The van der Waals surface area contributed by atoms with E-state index < -0.39 is 0 Å². The van der Waals surface area contributed by atoms with E-state index in [-0.39, 0.29) is 17.6 Å². The molecular formula is C20H26N4O2. The molecule has 1 amide bonds. The highest BCUT2D eigenvalue weighted by Gasteiger charge is 2.34. The van der Waals surface area contributed by atoms with Crippen LogP contribution in [0.15, 0.2) is 23.1 Å². The molecule has 0 spiro atoms. The van der Waals surface area contributed by atoms with Crippen LogP contribution in [-0.2, 0) is 11.3 Å². The number of nitrogens with zero attached hydrogens (tertiary/aromatic N) is 4. The first-order valence-corrected chi connectivity index (χ1v) is 10.1. The number of amides is 1. The summed E-state index contributed by atoms with van der Waals surface area (Å²) in [5, 5.41) is 0. The second kappa shape index (κ2) is 6.25. The van der Waals surface area contributed by atoms with E-state index in [2.05, 4.69) is 4.98 Å². The van der Waals surface area contributed by atoms with Crippen molar-refractivity contribution in [1.82, 2.24) is 19.0 Å². The van der Waals surface area contributed by atoms with Crippen molar-refractivity contribution in [3.8, 4) is 0 Å². The number of imidazole rings is 1. The highest BCUT2D eigenvalue weighted by Crippen LogP contribution is 2.33. The SMILES string of the molecule is O=C(C1CCC1)N1CCC[C@H](n2c(=O)n(CC3CC3)c3cccnc32)C1. The molecule has 0 N–H and O–H groups in total. The third-order valence-corrected chi connectivity index (χ3v) is 6.39. The van der Waals surface area contributed by atoms with Gasteiger partial charge in [0.1, 0.15) is 0 Å². The summed E-state index contributed by atoms with van der Waals surface area (Å²) in [7, 11) is 0. The lowest BCUT2D eigenvalue weighted by molar-refractivity contribution is -0.139. The summed E-state index contributed by atoms with van der Waals surface area (Å²) < 4.78 is 3.78. The number of hydrogen-bond donors (Lipinski definition) is 0. The molecule has 5 rings (SSSR count). The molecule has 2 aromatic rings. The quantitative estimate of drug-likeness (QED) is 0.848. The summed E-state index contributed by atoms with van der Waals surface area (Å²) in [5.74, 6) is 1.15. The molecule has 138 valence electrons. The van der Waals surface area contributed by atoms with Crippen molar-refractivity contribution in [2.75, 3.05) is 13.1 Å². The first-order valence-electron chi connectivity index (χ1n) is 10.1. The zero-order valence-electron chi connectivity index (χ0n) is 15.1. The maximum Gasteiger partial charge on any atom is 0.330 e. The van der Waals surface area contributed by atoms with Gasteiger partial charge >= 0.3 is 5.69 Å². The molecule has 3 aliphatic rings. The summed E-state index contributed by atoms with van der Waals surface area (Å²) in [6, 6.07) is 3.95. The molecule has 2 saturated carbocycles. The average Bonchev–Trinajstić information content (AvgIpc) is 3.39. The fourth-order valence-electron chi connectivity index (χ4n) is 4.45. The zero-order valence-corrected chi connectivity index (χ0v) is 15.1. The minimum atomic E-state index is 0.0399. The van der Waals surface area contributed by atoms with Crippen LogP contribution in [0.25, 0.3) is 11.2 Å². The molecule has 6 heteroatoms. The molecule has 0 unspecified atom stereocenters. The minimum absolute atomic E-state index is 0.0399. The van der Waals surface area contributed by atoms with Crippen LogP contribution >= 0.6 is 0 Å². The number of aromatic nitrogens is 3. The fraction of sp³-hybridized carbons (Fsp3) is 0.650. The van der Waals surface area contributed by atoms with Crippen molar-refractivity contribution in [3.63, 3.8) is 0 Å². The van der Waals surface area contributed by atoms with Gasteiger partial charge in [-0.1, -0.05) is 6.42 Å². The van der Waals surface area contributed by atoms with Crippen LogP contribution in [-0.4, -0.2) is 38.0 Å². The van der Waals surface area contributed by atoms with Crippen molar-refractivity contribution in [1.29, 1.82) is 0 Å². The summed E-state index contributed by atoms with van der Waals surface area (Å²) in [6.45, 7) is 2.27. The normalized spacial score (nSPS) is 24.0. The Hall–Kier alpha value is -2.11. The van der Waals surface area contributed by atoms with Gasteiger partial charge in [0.25, 0.3) is 0 Å². The lowest BCUT2D eigenvalue weighted by Gasteiger charge is -2.37. The van der Waals surface area contributed by atoms with Gasteiger partial charge in [-0.3, -0.25) is 13.9 Å². The van der Waals surface area contributed by atoms with E-state index in [4.69, 9.17) is 0 Å². The monoisotopic (exact) mass is 354 g/mol. The van der Waals surface area contributed by atoms with Gasteiger partial charge in [-0.15, -0.1) is 0 Å². The average molecular weight is 354 g/mol. The smallest absolute Gasteiger partial charge is 0.330 e. The topological polar surface area (TPSA) is 60.1 Å². The van der Waals surface area contributed by atoms with Gasteiger partial charge in [0.05, 0.1) is 11.6 Å². The number of hydrogen-bond acceptors (Lipinski definition) is 3. The Morgan fingerprint density at radius 3 is 2.73 bits per heavy atom. The van der Waals surface area contributed by atoms with Crippen molar-refractivity contribution in [3.05, 3.63) is 28.8 Å². The van der Waals surface area contributed by atoms with Crippen LogP contribution in [0.2, 0.25) is 0 Å². The van der Waals surface area contributed by atoms with Gasteiger partial charge in [0.15, 0.2) is 5.65 Å². The lowest BCUT2D eigenvalue weighted by Crippen LogP contribution is -2.46. The van der Waals surface area contributed by atoms with Gasteiger partial charge in [0, 0.05) is 31.7 Å². The number of pyridine rings is 1. The molecule has 1 aliphatic heterocycles. The highest BCUT2D eigenvalue weighted by molar-refractivity contribution is 5.79. The summed E-state index contributed by atoms with van der Waals surface area (Å²) in [6.07, 6.45) is 9.32. The fourth-order valence-corrected chi connectivity index (χ4v) is 4.45. The van der Waals surface area contributed by atoms with Gasteiger partial charge in [-0.25, -0.2) is 9.78 Å². The predicted molar refractivity (Wildman–Crippen MR) is 98.9 cm³/mol. The molecule has 26 heavy (non-hydrogen) atoms. The van der Waals surface area contributed by atoms with E-state index in [1.165, 1.54) is 19.3 Å². The first kappa shape index (κ1) is 16.1. The maximum absolute atomic E-state index is 13.2. The highest BCUT2D eigenvalue weighted by atomic mass is 16.2. The Kier molecular flexibility index (Phi) is 3.87. The summed E-state index contributed by atoms with van der Waals surface area (Å²) >= 11 is 0. The van der Waals surface area contributed by atoms with Crippen LogP contribution < -0.4 is 5.69 Å². The largest absolute Gasteiger partial charge is 0.340 e. The van der Waals surface area contributed by atoms with E-state index in [0.29, 0.717) is 18.4 Å². The van der Waals surface area contributed by atoms with Gasteiger partial charge in [-0.2, -0.15) is 0 Å². The van der Waals surface area contributed by atoms with Crippen molar-refractivity contribution in [2.45, 2.75) is 57.5 Å². The number of rotatable bonds is 4. The van der Waals surface area contributed by atoms with Crippen molar-refractivity contribution >= 4 is 17.1 Å². The van der Waals surface area contributed by atoms with Crippen LogP contribution in [0.5, 0.6) is 0 Å². The number of carbonyl (C=O) groups is 1. The van der Waals surface area contributed by atoms with Crippen molar-refractivity contribution in [2.24, 2.45) is 11.8 Å². The van der Waals surface area contributed by atoms with Gasteiger partial charge in [-0.05, 0) is 56.6 Å². The molecule has 0 aromatic carbocycles.